The number of amides is 1. The SMILES string of the molecule is CN(Cc1ccc(Cl)cc1)C(=O)C1CCCCC1(C)N.Cl. The third-order valence-corrected chi connectivity index (χ3v) is 4.51. The molecule has 1 fully saturated rings. The van der Waals surface area contributed by atoms with Crippen LogP contribution in [0.2, 0.25) is 5.02 Å². The predicted molar refractivity (Wildman–Crippen MR) is 89.7 cm³/mol. The van der Waals surface area contributed by atoms with Crippen LogP contribution in [0, 0.1) is 5.92 Å². The van der Waals surface area contributed by atoms with Gasteiger partial charge in [0, 0.05) is 24.2 Å². The van der Waals surface area contributed by atoms with Crippen LogP contribution < -0.4 is 5.73 Å². The molecule has 1 aliphatic rings. The Balaban J connectivity index is 0.00000220. The first kappa shape index (κ1) is 18.3. The average Bonchev–Trinajstić information content (AvgIpc) is 2.40. The Bertz CT molecular complexity index is 474. The van der Waals surface area contributed by atoms with Gasteiger partial charge in [-0.2, -0.15) is 0 Å². The minimum absolute atomic E-state index is 0. The fourth-order valence-electron chi connectivity index (χ4n) is 2.97. The summed E-state index contributed by atoms with van der Waals surface area (Å²) in [6, 6.07) is 7.61. The molecule has 0 saturated heterocycles. The molecule has 2 atom stereocenters. The van der Waals surface area contributed by atoms with Gasteiger partial charge < -0.3 is 10.6 Å². The first-order valence-corrected chi connectivity index (χ1v) is 7.56. The summed E-state index contributed by atoms with van der Waals surface area (Å²) >= 11 is 5.87. The van der Waals surface area contributed by atoms with Crippen LogP contribution in [0.3, 0.4) is 0 Å². The molecule has 0 heterocycles. The summed E-state index contributed by atoms with van der Waals surface area (Å²) in [6.45, 7) is 2.60. The van der Waals surface area contributed by atoms with Gasteiger partial charge in [-0.05, 0) is 37.5 Å². The lowest BCUT2D eigenvalue weighted by Crippen LogP contribution is -2.53. The summed E-state index contributed by atoms with van der Waals surface area (Å²) in [5.74, 6) is 0.0956. The van der Waals surface area contributed by atoms with Gasteiger partial charge in [-0.15, -0.1) is 12.4 Å². The molecule has 21 heavy (non-hydrogen) atoms. The molecule has 0 bridgehead atoms. The van der Waals surface area contributed by atoms with Crippen LogP contribution in [0.25, 0.3) is 0 Å². The number of carbonyl (C=O) groups is 1. The number of rotatable bonds is 3. The van der Waals surface area contributed by atoms with Gasteiger partial charge in [-0.3, -0.25) is 4.79 Å². The van der Waals surface area contributed by atoms with E-state index in [1.54, 1.807) is 4.90 Å². The summed E-state index contributed by atoms with van der Waals surface area (Å²) < 4.78 is 0. The second-order valence-corrected chi connectivity index (χ2v) is 6.56. The second kappa shape index (κ2) is 7.48. The average molecular weight is 331 g/mol. The summed E-state index contributed by atoms with van der Waals surface area (Å²) in [4.78, 5) is 14.4. The lowest BCUT2D eigenvalue weighted by atomic mass is 9.74. The molecule has 1 saturated carbocycles. The van der Waals surface area contributed by atoms with Gasteiger partial charge >= 0.3 is 0 Å². The van der Waals surface area contributed by atoms with Crippen LogP contribution in [0.5, 0.6) is 0 Å². The van der Waals surface area contributed by atoms with E-state index in [1.165, 1.54) is 0 Å². The Kier molecular flexibility index (Phi) is 6.51. The molecule has 1 aliphatic carbocycles. The lowest BCUT2D eigenvalue weighted by Gasteiger charge is -2.39. The topological polar surface area (TPSA) is 46.3 Å². The zero-order valence-electron chi connectivity index (χ0n) is 12.6. The number of nitrogens with zero attached hydrogens (tertiary/aromatic N) is 1. The quantitative estimate of drug-likeness (QED) is 0.919. The summed E-state index contributed by atoms with van der Waals surface area (Å²) in [7, 11) is 1.85. The Morgan fingerprint density at radius 1 is 1.38 bits per heavy atom. The number of halogens is 2. The molecule has 1 amide bonds. The van der Waals surface area contributed by atoms with Gasteiger partial charge in [0.15, 0.2) is 0 Å². The van der Waals surface area contributed by atoms with E-state index in [4.69, 9.17) is 17.3 Å². The Morgan fingerprint density at radius 2 is 2.00 bits per heavy atom. The van der Waals surface area contributed by atoms with Crippen molar-refractivity contribution in [2.24, 2.45) is 11.7 Å². The summed E-state index contributed by atoms with van der Waals surface area (Å²) in [5.41, 5.74) is 7.02. The Morgan fingerprint density at radius 3 is 2.57 bits per heavy atom. The van der Waals surface area contributed by atoms with Crippen LogP contribution in [-0.2, 0) is 11.3 Å². The molecule has 2 rings (SSSR count). The molecule has 3 nitrogen and oxygen atoms in total. The van der Waals surface area contributed by atoms with Crippen molar-refractivity contribution in [2.45, 2.75) is 44.7 Å². The van der Waals surface area contributed by atoms with Crippen molar-refractivity contribution >= 4 is 29.9 Å². The molecule has 1 aromatic carbocycles. The largest absolute Gasteiger partial charge is 0.341 e. The van der Waals surface area contributed by atoms with Crippen molar-refractivity contribution in [1.82, 2.24) is 4.90 Å². The van der Waals surface area contributed by atoms with E-state index >= 15 is 0 Å². The molecule has 2 unspecified atom stereocenters. The van der Waals surface area contributed by atoms with Gasteiger partial charge in [0.2, 0.25) is 5.91 Å². The fourth-order valence-corrected chi connectivity index (χ4v) is 3.10. The number of carbonyl (C=O) groups excluding carboxylic acids is 1. The van der Waals surface area contributed by atoms with Gasteiger partial charge in [-0.25, -0.2) is 0 Å². The van der Waals surface area contributed by atoms with Crippen molar-refractivity contribution in [3.63, 3.8) is 0 Å². The molecule has 0 spiro atoms. The maximum Gasteiger partial charge on any atom is 0.227 e. The second-order valence-electron chi connectivity index (χ2n) is 6.12. The highest BCUT2D eigenvalue weighted by molar-refractivity contribution is 6.30. The number of benzene rings is 1. The molecular formula is C16H24Cl2N2O. The monoisotopic (exact) mass is 330 g/mol. The summed E-state index contributed by atoms with van der Waals surface area (Å²) in [5, 5.41) is 0.713. The van der Waals surface area contributed by atoms with Crippen molar-refractivity contribution < 1.29 is 4.79 Å². The van der Waals surface area contributed by atoms with Crippen LogP contribution in [-0.4, -0.2) is 23.4 Å². The van der Waals surface area contributed by atoms with Crippen LogP contribution in [0.15, 0.2) is 24.3 Å². The van der Waals surface area contributed by atoms with Gasteiger partial charge in [0.25, 0.3) is 0 Å². The molecule has 5 heteroatoms. The van der Waals surface area contributed by atoms with Crippen molar-refractivity contribution in [2.75, 3.05) is 7.05 Å². The number of hydrogen-bond donors (Lipinski definition) is 1. The van der Waals surface area contributed by atoms with E-state index in [9.17, 15) is 4.79 Å². The zero-order valence-corrected chi connectivity index (χ0v) is 14.2. The third-order valence-electron chi connectivity index (χ3n) is 4.26. The van der Waals surface area contributed by atoms with E-state index in [-0.39, 0.29) is 29.8 Å². The Hall–Kier alpha value is -0.770. The maximum atomic E-state index is 12.6. The third kappa shape index (κ3) is 4.60. The lowest BCUT2D eigenvalue weighted by molar-refractivity contribution is -0.138. The maximum absolute atomic E-state index is 12.6. The van der Waals surface area contributed by atoms with E-state index in [0.29, 0.717) is 11.6 Å². The molecule has 118 valence electrons. The van der Waals surface area contributed by atoms with Crippen LogP contribution in [0.1, 0.15) is 38.2 Å². The van der Waals surface area contributed by atoms with Crippen LogP contribution >= 0.6 is 24.0 Å². The molecule has 0 aliphatic heterocycles. The van der Waals surface area contributed by atoms with E-state index in [1.807, 2.05) is 38.2 Å². The number of hydrogen-bond acceptors (Lipinski definition) is 2. The normalized spacial score (nSPS) is 25.0. The molecule has 0 radical (unpaired) electrons. The predicted octanol–water partition coefficient (Wildman–Crippen LogP) is 3.63. The smallest absolute Gasteiger partial charge is 0.227 e. The van der Waals surface area contributed by atoms with Gasteiger partial charge in [0.1, 0.15) is 0 Å². The van der Waals surface area contributed by atoms with Crippen molar-refractivity contribution in [3.05, 3.63) is 34.9 Å². The fraction of sp³-hybridized carbons (Fsp3) is 0.562. The standard InChI is InChI=1S/C16H23ClN2O.ClH/c1-16(18)10-4-3-5-14(16)15(20)19(2)11-12-6-8-13(17)9-7-12;/h6-9,14H,3-5,10-11,18H2,1-2H3;1H. The first-order valence-electron chi connectivity index (χ1n) is 7.18. The molecular weight excluding hydrogens is 307 g/mol. The highest BCUT2D eigenvalue weighted by Gasteiger charge is 2.38. The van der Waals surface area contributed by atoms with Crippen molar-refractivity contribution in [3.8, 4) is 0 Å². The summed E-state index contributed by atoms with van der Waals surface area (Å²) in [6.07, 6.45) is 4.05. The minimum Gasteiger partial charge on any atom is -0.341 e. The highest BCUT2D eigenvalue weighted by Crippen LogP contribution is 2.33. The zero-order chi connectivity index (χ0) is 14.8. The Labute approximate surface area is 138 Å². The highest BCUT2D eigenvalue weighted by atomic mass is 35.5. The van der Waals surface area contributed by atoms with Gasteiger partial charge in [0.05, 0.1) is 5.92 Å². The first-order chi connectivity index (χ1) is 9.40. The van der Waals surface area contributed by atoms with Gasteiger partial charge in [-0.1, -0.05) is 36.6 Å². The van der Waals surface area contributed by atoms with Crippen LogP contribution in [0.4, 0.5) is 0 Å². The van der Waals surface area contributed by atoms with E-state index < -0.39 is 0 Å². The van der Waals surface area contributed by atoms with Crippen molar-refractivity contribution in [1.29, 1.82) is 0 Å². The molecule has 0 aromatic heterocycles. The molecule has 1 aromatic rings. The minimum atomic E-state index is -0.371. The van der Waals surface area contributed by atoms with E-state index in [0.717, 1.165) is 31.2 Å². The number of nitrogens with two attached hydrogens (primary N) is 1. The van der Waals surface area contributed by atoms with E-state index in [2.05, 4.69) is 0 Å². The molecule has 2 N–H and O–H groups in total.